The lowest BCUT2D eigenvalue weighted by atomic mass is 10.0. The molecule has 4 N–H and O–H groups in total. The van der Waals surface area contributed by atoms with Crippen LogP contribution in [0.1, 0.15) is 16.7 Å². The number of nitrogens with zero attached hydrogens (tertiary/aromatic N) is 3. The van der Waals surface area contributed by atoms with Gasteiger partial charge in [0.2, 0.25) is 5.95 Å². The summed E-state index contributed by atoms with van der Waals surface area (Å²) in [6.07, 6.45) is 4.83. The molecule has 8 nitrogen and oxygen atoms in total. The molecule has 3 heterocycles. The fourth-order valence-electron chi connectivity index (χ4n) is 3.71. The molecular weight excluding hydrogens is 450 g/mol. The molecule has 0 saturated carbocycles. The first-order valence-corrected chi connectivity index (χ1v) is 11.2. The molecule has 34 heavy (non-hydrogen) atoms. The van der Waals surface area contributed by atoms with E-state index >= 15 is 0 Å². The first-order valence-electron chi connectivity index (χ1n) is 10.8. The number of halogens is 1. The molecule has 0 fully saturated rings. The molecule has 0 saturated heterocycles. The second-order valence-corrected chi connectivity index (χ2v) is 8.38. The minimum atomic E-state index is -0.355. The molecule has 1 aliphatic rings. The normalized spacial score (nSPS) is 12.2. The van der Waals surface area contributed by atoms with E-state index in [9.17, 15) is 4.79 Å². The summed E-state index contributed by atoms with van der Waals surface area (Å²) < 4.78 is 0. The molecule has 0 aliphatic carbocycles. The Labute approximate surface area is 201 Å². The van der Waals surface area contributed by atoms with Crippen LogP contribution in [-0.4, -0.2) is 21.0 Å². The summed E-state index contributed by atoms with van der Waals surface area (Å²) >= 11 is 5.82. The highest BCUT2D eigenvalue weighted by Crippen LogP contribution is 2.28. The van der Waals surface area contributed by atoms with Gasteiger partial charge >= 0.3 is 6.03 Å². The van der Waals surface area contributed by atoms with Gasteiger partial charge in [-0.15, -0.1) is 0 Å². The van der Waals surface area contributed by atoms with Crippen molar-refractivity contribution in [2.75, 3.05) is 21.3 Å². The highest BCUT2D eigenvalue weighted by molar-refractivity contribution is 6.29. The first-order chi connectivity index (χ1) is 16.5. The fourth-order valence-corrected chi connectivity index (χ4v) is 3.82. The summed E-state index contributed by atoms with van der Waals surface area (Å²) in [5.74, 6) is 1.24. The van der Waals surface area contributed by atoms with Crippen molar-refractivity contribution in [1.82, 2.24) is 15.0 Å². The topological polar surface area (TPSA) is 104 Å². The van der Waals surface area contributed by atoms with Crippen LogP contribution in [0.3, 0.4) is 0 Å². The van der Waals surface area contributed by atoms with Crippen LogP contribution < -0.4 is 21.3 Å². The molecule has 2 amide bonds. The van der Waals surface area contributed by atoms with E-state index in [1.54, 1.807) is 18.3 Å². The van der Waals surface area contributed by atoms with Crippen molar-refractivity contribution in [1.29, 1.82) is 0 Å². The second-order valence-electron chi connectivity index (χ2n) is 8.00. The van der Waals surface area contributed by atoms with Gasteiger partial charge in [0.15, 0.2) is 0 Å². The van der Waals surface area contributed by atoms with Gasteiger partial charge in [0.05, 0.1) is 11.9 Å². The van der Waals surface area contributed by atoms with Crippen molar-refractivity contribution in [3.05, 3.63) is 88.8 Å². The van der Waals surface area contributed by atoms with E-state index in [1.165, 1.54) is 6.20 Å². The van der Waals surface area contributed by atoms with Crippen LogP contribution >= 0.6 is 11.6 Å². The summed E-state index contributed by atoms with van der Waals surface area (Å²) in [4.78, 5) is 25.7. The highest BCUT2D eigenvalue weighted by Gasteiger charge is 2.12. The number of rotatable bonds is 2. The Morgan fingerprint density at radius 1 is 0.941 bits per heavy atom. The van der Waals surface area contributed by atoms with Crippen molar-refractivity contribution in [3.8, 4) is 0 Å². The van der Waals surface area contributed by atoms with Crippen LogP contribution in [0.15, 0.2) is 67.0 Å². The van der Waals surface area contributed by atoms with Crippen LogP contribution in [-0.2, 0) is 12.8 Å². The number of aromatic nitrogens is 3. The van der Waals surface area contributed by atoms with Crippen molar-refractivity contribution >= 4 is 52.1 Å². The number of carbonyl (C=O) groups excluding carboxylic acids is 1. The molecule has 6 bridgehead atoms. The molecule has 4 aromatic rings. The number of benzene rings is 2. The van der Waals surface area contributed by atoms with Crippen LogP contribution in [0.25, 0.3) is 0 Å². The zero-order valence-corrected chi connectivity index (χ0v) is 19.1. The average Bonchev–Trinajstić information content (AvgIpc) is 2.83. The van der Waals surface area contributed by atoms with E-state index in [0.29, 0.717) is 22.6 Å². The largest absolute Gasteiger partial charge is 0.340 e. The summed E-state index contributed by atoms with van der Waals surface area (Å²) in [6.45, 7) is 1.96. The third kappa shape index (κ3) is 5.07. The number of carbonyl (C=O) groups is 1. The number of fused-ring (bicyclic) bond motifs is 6. The van der Waals surface area contributed by atoms with E-state index in [0.717, 1.165) is 46.6 Å². The van der Waals surface area contributed by atoms with Gasteiger partial charge < -0.3 is 21.3 Å². The van der Waals surface area contributed by atoms with E-state index in [4.69, 9.17) is 11.6 Å². The smallest absolute Gasteiger partial charge is 0.323 e. The maximum atomic E-state index is 12.6. The van der Waals surface area contributed by atoms with Crippen molar-refractivity contribution in [2.24, 2.45) is 0 Å². The number of hydrogen-bond donors (Lipinski definition) is 4. The van der Waals surface area contributed by atoms with Gasteiger partial charge in [-0.3, -0.25) is 0 Å². The van der Waals surface area contributed by atoms with E-state index in [1.807, 2.05) is 37.3 Å². The van der Waals surface area contributed by atoms with Gasteiger partial charge in [-0.05, 0) is 73.4 Å². The van der Waals surface area contributed by atoms with Crippen LogP contribution in [0.5, 0.6) is 0 Å². The van der Waals surface area contributed by atoms with Gasteiger partial charge in [0.1, 0.15) is 11.0 Å². The van der Waals surface area contributed by atoms with E-state index < -0.39 is 0 Å². The van der Waals surface area contributed by atoms with E-state index in [-0.39, 0.29) is 6.03 Å². The van der Waals surface area contributed by atoms with E-state index in [2.05, 4.69) is 48.4 Å². The molecule has 0 spiro atoms. The summed E-state index contributed by atoms with van der Waals surface area (Å²) in [7, 11) is 0. The average molecular weight is 472 g/mol. The number of pyridine rings is 1. The number of nitrogens with one attached hydrogen (secondary N) is 4. The molecule has 2 aromatic carbocycles. The minimum Gasteiger partial charge on any atom is -0.340 e. The molecule has 9 heteroatoms. The van der Waals surface area contributed by atoms with Gasteiger partial charge in [-0.25, -0.2) is 14.8 Å². The Kier molecular flexibility index (Phi) is 5.97. The molecule has 5 rings (SSSR count). The number of amides is 2. The molecular formula is C25H22ClN7O. The highest BCUT2D eigenvalue weighted by atomic mass is 35.5. The zero-order valence-electron chi connectivity index (χ0n) is 18.4. The molecule has 0 atom stereocenters. The van der Waals surface area contributed by atoms with Crippen molar-refractivity contribution in [2.45, 2.75) is 19.8 Å². The Balaban J connectivity index is 1.45. The number of anilines is 6. The number of aryl methyl sites for hydroxylation is 3. The lowest BCUT2D eigenvalue weighted by molar-refractivity contribution is 0.262. The van der Waals surface area contributed by atoms with Crippen LogP contribution in [0.2, 0.25) is 5.15 Å². The maximum Gasteiger partial charge on any atom is 0.323 e. The molecule has 0 unspecified atom stereocenters. The van der Waals surface area contributed by atoms with Crippen molar-refractivity contribution in [3.63, 3.8) is 0 Å². The molecule has 2 aromatic heterocycles. The summed E-state index contributed by atoms with van der Waals surface area (Å²) in [5, 5.41) is 12.8. The fraction of sp³-hybridized carbons (Fsp3) is 0.120. The number of urea groups is 1. The minimum absolute atomic E-state index is 0.355. The Morgan fingerprint density at radius 3 is 2.68 bits per heavy atom. The maximum absolute atomic E-state index is 12.6. The van der Waals surface area contributed by atoms with Gasteiger partial charge in [-0.2, -0.15) is 4.98 Å². The summed E-state index contributed by atoms with van der Waals surface area (Å²) in [5.41, 5.74) is 6.17. The zero-order chi connectivity index (χ0) is 23.5. The Hall–Kier alpha value is -4.17. The first kappa shape index (κ1) is 21.7. The van der Waals surface area contributed by atoms with Gasteiger partial charge in [-0.1, -0.05) is 23.7 Å². The standard InChI is InChI=1S/C25H22ClN7O/c1-15-13-28-24-30-18-4-2-3-16(11-18)5-6-17-12-19(29-23(15)33-24)7-9-21(17)32-25(34)31-20-8-10-22(26)27-14-20/h2-4,7-14H,5-6H2,1H3,(H2,31,32,34)(H2,28,29,30,33). The third-order valence-corrected chi connectivity index (χ3v) is 5.66. The lowest BCUT2D eigenvalue weighted by Gasteiger charge is -2.15. The molecule has 0 radical (unpaired) electrons. The van der Waals surface area contributed by atoms with Gasteiger partial charge in [0.25, 0.3) is 0 Å². The molecule has 1 aliphatic heterocycles. The summed E-state index contributed by atoms with van der Waals surface area (Å²) in [6, 6.07) is 17.0. The quantitative estimate of drug-likeness (QED) is 0.265. The van der Waals surface area contributed by atoms with Gasteiger partial charge in [0, 0.05) is 28.8 Å². The third-order valence-electron chi connectivity index (χ3n) is 5.44. The second kappa shape index (κ2) is 9.36. The monoisotopic (exact) mass is 471 g/mol. The number of hydrogen-bond acceptors (Lipinski definition) is 6. The lowest BCUT2D eigenvalue weighted by Crippen LogP contribution is -2.20. The molecule has 170 valence electrons. The van der Waals surface area contributed by atoms with Crippen LogP contribution in [0.4, 0.5) is 39.3 Å². The predicted molar refractivity (Wildman–Crippen MR) is 136 cm³/mol. The predicted octanol–water partition coefficient (Wildman–Crippen LogP) is 6.06. The van der Waals surface area contributed by atoms with Crippen molar-refractivity contribution < 1.29 is 4.79 Å². The Morgan fingerprint density at radius 2 is 1.82 bits per heavy atom. The Bertz CT molecular complexity index is 1360. The van der Waals surface area contributed by atoms with Crippen LogP contribution in [0, 0.1) is 6.92 Å². The SMILES string of the molecule is Cc1cnc2nc1Nc1ccc(NC(=O)Nc3ccc(Cl)nc3)c(c1)CCc1cccc(c1)N2.